The molecule has 4 heteroatoms. The summed E-state index contributed by atoms with van der Waals surface area (Å²) in [6, 6.07) is 1.10. The Hall–Kier alpha value is -0.610. The number of nitrogens with zero attached hydrogens (tertiary/aromatic N) is 1. The highest BCUT2D eigenvalue weighted by Gasteiger charge is 2.25. The van der Waals surface area contributed by atoms with Crippen molar-refractivity contribution in [3.8, 4) is 0 Å². The molecule has 1 fully saturated rings. The highest BCUT2D eigenvalue weighted by Crippen LogP contribution is 2.20. The first kappa shape index (κ1) is 13.5. The van der Waals surface area contributed by atoms with Gasteiger partial charge in [0.1, 0.15) is 0 Å². The molecule has 1 saturated heterocycles. The Kier molecular flexibility index (Phi) is 5.22. The average Bonchev–Trinajstić information content (AvgIpc) is 2.27. The third-order valence-electron chi connectivity index (χ3n) is 3.38. The summed E-state index contributed by atoms with van der Waals surface area (Å²) < 4.78 is 4.71. The second kappa shape index (κ2) is 6.21. The predicted molar refractivity (Wildman–Crippen MR) is 63.8 cm³/mol. The van der Waals surface area contributed by atoms with E-state index in [0.29, 0.717) is 18.6 Å². The summed E-state index contributed by atoms with van der Waals surface area (Å²) in [6.07, 6.45) is 3.75. The van der Waals surface area contributed by atoms with Crippen molar-refractivity contribution in [3.63, 3.8) is 0 Å². The van der Waals surface area contributed by atoms with Crippen molar-refractivity contribution >= 4 is 5.97 Å². The molecule has 1 aliphatic rings. The van der Waals surface area contributed by atoms with Gasteiger partial charge in [0, 0.05) is 18.6 Å². The lowest BCUT2D eigenvalue weighted by Gasteiger charge is -2.39. The molecule has 0 aromatic heterocycles. The molecule has 3 atom stereocenters. The van der Waals surface area contributed by atoms with Crippen molar-refractivity contribution < 1.29 is 9.53 Å². The van der Waals surface area contributed by atoms with Crippen molar-refractivity contribution in [2.24, 2.45) is 5.92 Å². The van der Waals surface area contributed by atoms with E-state index >= 15 is 0 Å². The Bertz CT molecular complexity index is 223. The molecule has 0 bridgehead atoms. The van der Waals surface area contributed by atoms with Crippen LogP contribution in [-0.2, 0) is 9.53 Å². The lowest BCUT2D eigenvalue weighted by molar-refractivity contribution is -0.145. The number of hydrazine groups is 1. The first-order valence-electron chi connectivity index (χ1n) is 6.16. The van der Waals surface area contributed by atoms with E-state index in [-0.39, 0.29) is 11.9 Å². The van der Waals surface area contributed by atoms with Crippen LogP contribution in [0.3, 0.4) is 0 Å². The molecule has 1 heterocycles. The van der Waals surface area contributed by atoms with Crippen LogP contribution in [0.1, 0.15) is 40.0 Å². The molecule has 4 nitrogen and oxygen atoms in total. The van der Waals surface area contributed by atoms with Crippen molar-refractivity contribution in [3.05, 3.63) is 0 Å². The Balaban J connectivity index is 2.37. The maximum Gasteiger partial charge on any atom is 0.309 e. The number of carbonyl (C=O) groups excluding carboxylic acids is 1. The maximum absolute atomic E-state index is 11.3. The van der Waals surface area contributed by atoms with Gasteiger partial charge < -0.3 is 4.74 Å². The van der Waals surface area contributed by atoms with Crippen LogP contribution >= 0.6 is 0 Å². The van der Waals surface area contributed by atoms with Gasteiger partial charge in [0.05, 0.1) is 13.0 Å². The summed E-state index contributed by atoms with van der Waals surface area (Å²) in [6.45, 7) is 7.00. The molecule has 1 rings (SSSR count). The Morgan fingerprint density at radius 2 is 2.00 bits per heavy atom. The van der Waals surface area contributed by atoms with Gasteiger partial charge in [-0.05, 0) is 26.7 Å². The van der Waals surface area contributed by atoms with Gasteiger partial charge in [-0.25, -0.2) is 5.01 Å². The lowest BCUT2D eigenvalue weighted by atomic mass is 10.00. The highest BCUT2D eigenvalue weighted by molar-refractivity contribution is 5.71. The van der Waals surface area contributed by atoms with E-state index in [4.69, 9.17) is 4.74 Å². The highest BCUT2D eigenvalue weighted by atomic mass is 16.5. The summed E-state index contributed by atoms with van der Waals surface area (Å²) >= 11 is 0. The first-order chi connectivity index (χ1) is 7.56. The van der Waals surface area contributed by atoms with Crippen LogP contribution in [0.2, 0.25) is 0 Å². The third-order valence-corrected chi connectivity index (χ3v) is 3.38. The average molecular weight is 228 g/mol. The van der Waals surface area contributed by atoms with Gasteiger partial charge in [-0.2, -0.15) is 0 Å². The zero-order chi connectivity index (χ0) is 12.1. The standard InChI is InChI=1S/C12H24N2O2/c1-9(12(15)16-4)8-13-14-10(2)6-5-7-11(14)3/h9-11,13H,5-8H2,1-4H3. The second-order valence-electron chi connectivity index (χ2n) is 4.82. The van der Waals surface area contributed by atoms with Crippen LogP contribution in [0.15, 0.2) is 0 Å². The molecular formula is C12H24N2O2. The van der Waals surface area contributed by atoms with Crippen LogP contribution in [0, 0.1) is 5.92 Å². The molecule has 0 aromatic carbocycles. The predicted octanol–water partition coefficient (Wildman–Crippen LogP) is 1.56. The van der Waals surface area contributed by atoms with Crippen molar-refractivity contribution in [1.29, 1.82) is 0 Å². The van der Waals surface area contributed by atoms with E-state index in [9.17, 15) is 4.79 Å². The molecule has 94 valence electrons. The van der Waals surface area contributed by atoms with Crippen molar-refractivity contribution in [1.82, 2.24) is 10.4 Å². The van der Waals surface area contributed by atoms with E-state index in [1.807, 2.05) is 6.92 Å². The number of piperidine rings is 1. The third kappa shape index (κ3) is 3.46. The summed E-state index contributed by atoms with van der Waals surface area (Å²) in [7, 11) is 1.44. The van der Waals surface area contributed by atoms with E-state index in [2.05, 4.69) is 24.3 Å². The molecule has 1 N–H and O–H groups in total. The Morgan fingerprint density at radius 1 is 1.44 bits per heavy atom. The van der Waals surface area contributed by atoms with Gasteiger partial charge in [-0.1, -0.05) is 13.3 Å². The van der Waals surface area contributed by atoms with Crippen molar-refractivity contribution in [2.45, 2.75) is 52.1 Å². The number of hydrogen-bond donors (Lipinski definition) is 1. The van der Waals surface area contributed by atoms with Crippen molar-refractivity contribution in [2.75, 3.05) is 13.7 Å². The monoisotopic (exact) mass is 228 g/mol. The van der Waals surface area contributed by atoms with Crippen LogP contribution in [0.25, 0.3) is 0 Å². The molecule has 0 aliphatic carbocycles. The smallest absolute Gasteiger partial charge is 0.309 e. The summed E-state index contributed by atoms with van der Waals surface area (Å²) in [5, 5.41) is 2.28. The number of esters is 1. The van der Waals surface area contributed by atoms with E-state index in [0.717, 1.165) is 0 Å². The van der Waals surface area contributed by atoms with Gasteiger partial charge in [0.15, 0.2) is 0 Å². The molecule has 0 spiro atoms. The van der Waals surface area contributed by atoms with Crippen LogP contribution in [0.5, 0.6) is 0 Å². The van der Waals surface area contributed by atoms with Gasteiger partial charge >= 0.3 is 5.97 Å². The Labute approximate surface area is 98.3 Å². The first-order valence-corrected chi connectivity index (χ1v) is 6.16. The normalized spacial score (nSPS) is 28.8. The molecule has 0 aromatic rings. The minimum atomic E-state index is -0.148. The number of ether oxygens (including phenoxy) is 1. The van der Waals surface area contributed by atoms with Crippen LogP contribution < -0.4 is 5.43 Å². The fraction of sp³-hybridized carbons (Fsp3) is 0.917. The van der Waals surface area contributed by atoms with Gasteiger partial charge in [0.2, 0.25) is 0 Å². The molecule has 0 radical (unpaired) electrons. The number of methoxy groups -OCH3 is 1. The zero-order valence-corrected chi connectivity index (χ0v) is 10.8. The van der Waals surface area contributed by atoms with Crippen LogP contribution in [-0.4, -0.2) is 36.7 Å². The van der Waals surface area contributed by atoms with E-state index < -0.39 is 0 Å². The molecule has 1 aliphatic heterocycles. The topological polar surface area (TPSA) is 41.6 Å². The zero-order valence-electron chi connectivity index (χ0n) is 10.8. The quantitative estimate of drug-likeness (QED) is 0.742. The molecule has 16 heavy (non-hydrogen) atoms. The van der Waals surface area contributed by atoms with E-state index in [1.165, 1.54) is 26.4 Å². The van der Waals surface area contributed by atoms with Gasteiger partial charge in [-0.3, -0.25) is 10.2 Å². The number of nitrogens with one attached hydrogen (secondary N) is 1. The number of rotatable bonds is 4. The SMILES string of the molecule is COC(=O)C(C)CNN1C(C)CCCC1C. The summed E-state index contributed by atoms with van der Waals surface area (Å²) in [5.41, 5.74) is 3.37. The minimum Gasteiger partial charge on any atom is -0.469 e. The maximum atomic E-state index is 11.3. The lowest BCUT2D eigenvalue weighted by Crippen LogP contribution is -2.53. The van der Waals surface area contributed by atoms with Gasteiger partial charge in [0.25, 0.3) is 0 Å². The molecule has 0 amide bonds. The van der Waals surface area contributed by atoms with Gasteiger partial charge in [-0.15, -0.1) is 0 Å². The Morgan fingerprint density at radius 3 is 2.50 bits per heavy atom. The number of hydrogen-bond acceptors (Lipinski definition) is 4. The fourth-order valence-electron chi connectivity index (χ4n) is 2.26. The number of carbonyl (C=O) groups is 1. The second-order valence-corrected chi connectivity index (χ2v) is 4.82. The fourth-order valence-corrected chi connectivity index (χ4v) is 2.26. The van der Waals surface area contributed by atoms with E-state index in [1.54, 1.807) is 0 Å². The largest absolute Gasteiger partial charge is 0.469 e. The minimum absolute atomic E-state index is 0.0914. The summed E-state index contributed by atoms with van der Waals surface area (Å²) in [5.74, 6) is -0.240. The van der Waals surface area contributed by atoms with Crippen LogP contribution in [0.4, 0.5) is 0 Å². The molecular weight excluding hydrogens is 204 g/mol. The molecule has 3 unspecified atom stereocenters. The summed E-state index contributed by atoms with van der Waals surface area (Å²) in [4.78, 5) is 11.3. The molecule has 0 saturated carbocycles.